The average Bonchev–Trinajstić information content (AvgIpc) is 3.50. The molecule has 190 valence electrons. The number of aryl methyl sites for hydroxylation is 1. The fraction of sp³-hybridized carbons (Fsp3) is 0.172. The van der Waals surface area contributed by atoms with E-state index in [0.717, 1.165) is 57.8 Å². The van der Waals surface area contributed by atoms with Crippen LogP contribution in [0.5, 0.6) is 11.5 Å². The third kappa shape index (κ3) is 4.17. The predicted octanol–water partition coefficient (Wildman–Crippen LogP) is 4.88. The lowest BCUT2D eigenvalue weighted by Gasteiger charge is -2.35. The first-order valence-electron chi connectivity index (χ1n) is 12.4. The smallest absolute Gasteiger partial charge is 0.243 e. The minimum absolute atomic E-state index is 0.137. The van der Waals surface area contributed by atoms with Crippen molar-refractivity contribution in [1.82, 2.24) is 29.6 Å². The van der Waals surface area contributed by atoms with E-state index in [1.807, 2.05) is 83.3 Å². The van der Waals surface area contributed by atoms with Crippen molar-refractivity contribution in [3.63, 3.8) is 0 Å². The summed E-state index contributed by atoms with van der Waals surface area (Å²) in [4.78, 5) is 20.4. The molecule has 1 fully saturated rings. The number of ether oxygens (including phenoxy) is 1. The Kier molecular flexibility index (Phi) is 5.88. The summed E-state index contributed by atoms with van der Waals surface area (Å²) in [6, 6.07) is 18.0. The maximum atomic E-state index is 11.6. The Balaban J connectivity index is 1.35. The van der Waals surface area contributed by atoms with Gasteiger partial charge in [0.05, 0.1) is 23.3 Å². The number of carbonyl (C=O) groups excluding carboxylic acids is 1. The summed E-state index contributed by atoms with van der Waals surface area (Å²) in [5, 5.41) is 8.40. The van der Waals surface area contributed by atoms with Crippen LogP contribution < -0.4 is 15.8 Å². The summed E-state index contributed by atoms with van der Waals surface area (Å²) in [7, 11) is 1.97. The Morgan fingerprint density at radius 3 is 2.55 bits per heavy atom. The molecule has 38 heavy (non-hydrogen) atoms. The van der Waals surface area contributed by atoms with Gasteiger partial charge in [0, 0.05) is 30.4 Å². The standard InChI is InChI=1S/C29H27N7O2/c1-3-24(37)34-20-13-21(14-20)36-16-19(15-33-36)27-25(26-28(30)31-17-32-29(26)35(27)2)18-9-11-23(12-10-18)38-22-7-5-4-6-8-22/h3-12,15-17,20-21H,1,13-14H2,2H3,(H,34,37)(H2,30,31,32). The number of amides is 1. The van der Waals surface area contributed by atoms with Crippen molar-refractivity contribution >= 4 is 22.8 Å². The number of anilines is 1. The minimum Gasteiger partial charge on any atom is -0.457 e. The molecule has 1 aliphatic rings. The molecule has 0 atom stereocenters. The van der Waals surface area contributed by atoms with Gasteiger partial charge in [-0.2, -0.15) is 5.10 Å². The molecule has 5 aromatic rings. The van der Waals surface area contributed by atoms with E-state index in [9.17, 15) is 4.79 Å². The Labute approximate surface area is 219 Å². The highest BCUT2D eigenvalue weighted by Gasteiger charge is 2.32. The van der Waals surface area contributed by atoms with Crippen molar-refractivity contribution in [1.29, 1.82) is 0 Å². The van der Waals surface area contributed by atoms with Crippen molar-refractivity contribution in [3.8, 4) is 33.9 Å². The van der Waals surface area contributed by atoms with Crippen LogP contribution in [0.15, 0.2) is 86.0 Å². The van der Waals surface area contributed by atoms with E-state index in [1.165, 1.54) is 12.4 Å². The molecule has 0 saturated heterocycles. The number of rotatable bonds is 7. The molecule has 9 heteroatoms. The number of carbonyl (C=O) groups is 1. The Morgan fingerprint density at radius 2 is 1.82 bits per heavy atom. The minimum atomic E-state index is -0.145. The molecule has 9 nitrogen and oxygen atoms in total. The summed E-state index contributed by atoms with van der Waals surface area (Å²) in [5.74, 6) is 1.79. The van der Waals surface area contributed by atoms with E-state index in [2.05, 4.69) is 27.0 Å². The van der Waals surface area contributed by atoms with Crippen molar-refractivity contribution in [2.45, 2.75) is 24.9 Å². The normalized spacial score (nSPS) is 16.7. The molecule has 1 aliphatic carbocycles. The lowest BCUT2D eigenvalue weighted by Crippen LogP contribution is -2.44. The first kappa shape index (κ1) is 23.5. The number of hydrogen-bond acceptors (Lipinski definition) is 6. The van der Waals surface area contributed by atoms with Crippen LogP contribution in [0.3, 0.4) is 0 Å². The van der Waals surface area contributed by atoms with Crippen LogP contribution in [0, 0.1) is 0 Å². The van der Waals surface area contributed by atoms with E-state index in [4.69, 9.17) is 10.5 Å². The van der Waals surface area contributed by atoms with Crippen LogP contribution >= 0.6 is 0 Å². The molecular formula is C29H27N7O2. The van der Waals surface area contributed by atoms with E-state index in [1.54, 1.807) is 0 Å². The summed E-state index contributed by atoms with van der Waals surface area (Å²) in [6.45, 7) is 3.52. The van der Waals surface area contributed by atoms with Gasteiger partial charge in [0.1, 0.15) is 29.3 Å². The second-order valence-electron chi connectivity index (χ2n) is 9.42. The monoisotopic (exact) mass is 505 g/mol. The molecule has 0 spiro atoms. The van der Waals surface area contributed by atoms with Crippen LogP contribution in [0.25, 0.3) is 33.4 Å². The highest BCUT2D eigenvalue weighted by Crippen LogP contribution is 2.42. The van der Waals surface area contributed by atoms with Gasteiger partial charge in [0.25, 0.3) is 0 Å². The Morgan fingerprint density at radius 1 is 1.08 bits per heavy atom. The number of fused-ring (bicyclic) bond motifs is 1. The number of nitrogen functional groups attached to an aromatic ring is 1. The Bertz CT molecular complexity index is 1630. The molecule has 0 radical (unpaired) electrons. The molecule has 3 aromatic heterocycles. The van der Waals surface area contributed by atoms with Crippen LogP contribution in [-0.2, 0) is 11.8 Å². The molecule has 1 amide bonds. The van der Waals surface area contributed by atoms with E-state index < -0.39 is 0 Å². The van der Waals surface area contributed by atoms with Crippen LogP contribution in [-0.4, -0.2) is 36.3 Å². The zero-order valence-electron chi connectivity index (χ0n) is 20.9. The quantitative estimate of drug-likeness (QED) is 0.305. The van der Waals surface area contributed by atoms with Crippen molar-refractivity contribution in [2.75, 3.05) is 5.73 Å². The highest BCUT2D eigenvalue weighted by atomic mass is 16.5. The van der Waals surface area contributed by atoms with E-state index in [0.29, 0.717) is 5.82 Å². The van der Waals surface area contributed by atoms with Gasteiger partial charge in [-0.25, -0.2) is 9.97 Å². The summed E-state index contributed by atoms with van der Waals surface area (Å²) >= 11 is 0. The SMILES string of the molecule is C=CC(=O)NC1CC(n2cc(-c3c(-c4ccc(Oc5ccccc5)cc4)c4c(N)ncnc4n3C)cn2)C1. The van der Waals surface area contributed by atoms with E-state index in [-0.39, 0.29) is 18.0 Å². The van der Waals surface area contributed by atoms with Gasteiger partial charge in [-0.15, -0.1) is 0 Å². The highest BCUT2D eigenvalue weighted by molar-refractivity contribution is 6.07. The van der Waals surface area contributed by atoms with Gasteiger partial charge < -0.3 is 20.4 Å². The van der Waals surface area contributed by atoms with Gasteiger partial charge in [-0.3, -0.25) is 9.48 Å². The zero-order valence-corrected chi connectivity index (χ0v) is 20.9. The molecule has 3 heterocycles. The van der Waals surface area contributed by atoms with Gasteiger partial charge in [-0.1, -0.05) is 36.9 Å². The molecule has 0 bridgehead atoms. The molecular weight excluding hydrogens is 478 g/mol. The molecule has 1 saturated carbocycles. The predicted molar refractivity (Wildman–Crippen MR) is 146 cm³/mol. The lowest BCUT2D eigenvalue weighted by molar-refractivity contribution is -0.117. The number of benzene rings is 2. The van der Waals surface area contributed by atoms with Crippen molar-refractivity contribution in [2.24, 2.45) is 7.05 Å². The van der Waals surface area contributed by atoms with Gasteiger partial charge in [0.15, 0.2) is 0 Å². The molecule has 2 aromatic carbocycles. The number of nitrogens with two attached hydrogens (primary N) is 1. The molecule has 3 N–H and O–H groups in total. The maximum Gasteiger partial charge on any atom is 0.243 e. The van der Waals surface area contributed by atoms with Crippen LogP contribution in [0.2, 0.25) is 0 Å². The fourth-order valence-electron chi connectivity index (χ4n) is 5.05. The number of hydrogen-bond donors (Lipinski definition) is 2. The second-order valence-corrected chi connectivity index (χ2v) is 9.42. The van der Waals surface area contributed by atoms with Crippen molar-refractivity contribution < 1.29 is 9.53 Å². The van der Waals surface area contributed by atoms with E-state index >= 15 is 0 Å². The van der Waals surface area contributed by atoms with Crippen LogP contribution in [0.1, 0.15) is 18.9 Å². The second kappa shape index (κ2) is 9.51. The molecule has 0 unspecified atom stereocenters. The first-order valence-corrected chi connectivity index (χ1v) is 12.4. The number of aromatic nitrogens is 5. The number of para-hydroxylation sites is 1. The first-order chi connectivity index (χ1) is 18.5. The zero-order chi connectivity index (χ0) is 26.2. The Hall–Kier alpha value is -4.92. The van der Waals surface area contributed by atoms with Crippen LogP contribution in [0.4, 0.5) is 5.82 Å². The third-order valence-corrected chi connectivity index (χ3v) is 7.01. The molecule has 0 aliphatic heterocycles. The van der Waals surface area contributed by atoms with Crippen molar-refractivity contribution in [3.05, 3.63) is 86.0 Å². The number of nitrogens with zero attached hydrogens (tertiary/aromatic N) is 5. The van der Waals surface area contributed by atoms with Gasteiger partial charge in [-0.05, 0) is 48.7 Å². The molecule has 6 rings (SSSR count). The summed E-state index contributed by atoms with van der Waals surface area (Å²) in [5.41, 5.74) is 10.9. The largest absolute Gasteiger partial charge is 0.457 e. The fourth-order valence-corrected chi connectivity index (χ4v) is 5.05. The van der Waals surface area contributed by atoms with Gasteiger partial charge >= 0.3 is 0 Å². The summed E-state index contributed by atoms with van der Waals surface area (Å²) < 4.78 is 9.99. The average molecular weight is 506 g/mol. The maximum absolute atomic E-state index is 11.6. The third-order valence-electron chi connectivity index (χ3n) is 7.01. The summed E-state index contributed by atoms with van der Waals surface area (Å²) in [6.07, 6.45) is 8.34. The number of nitrogens with one attached hydrogen (secondary N) is 1. The lowest BCUT2D eigenvalue weighted by atomic mass is 9.87. The topological polar surface area (TPSA) is 113 Å². The van der Waals surface area contributed by atoms with Gasteiger partial charge in [0.2, 0.25) is 5.91 Å².